The van der Waals surface area contributed by atoms with Crippen LogP contribution in [0.5, 0.6) is 0 Å². The summed E-state index contributed by atoms with van der Waals surface area (Å²) in [4.78, 5) is 29.5. The van der Waals surface area contributed by atoms with Gasteiger partial charge in [0.2, 0.25) is 0 Å². The second-order valence-electron chi connectivity index (χ2n) is 8.77. The summed E-state index contributed by atoms with van der Waals surface area (Å²) < 4.78 is 0. The lowest BCUT2D eigenvalue weighted by Crippen LogP contribution is -2.03. The number of hydrogen-bond donors (Lipinski definition) is 0. The minimum atomic E-state index is 0.739. The van der Waals surface area contributed by atoms with Gasteiger partial charge >= 0.3 is 0 Å². The van der Waals surface area contributed by atoms with Crippen molar-refractivity contribution in [2.45, 2.75) is 0 Å². The van der Waals surface area contributed by atoms with E-state index in [4.69, 9.17) is 29.9 Å². The second kappa shape index (κ2) is 9.26. The number of pyridine rings is 4. The van der Waals surface area contributed by atoms with E-state index in [1.165, 1.54) is 0 Å². The molecule has 2 aromatic carbocycles. The molecule has 0 saturated heterocycles. The van der Waals surface area contributed by atoms with E-state index in [1.54, 1.807) is 24.8 Å². The van der Waals surface area contributed by atoms with Gasteiger partial charge in [-0.15, -0.1) is 0 Å². The van der Waals surface area contributed by atoms with Gasteiger partial charge < -0.3 is 0 Å². The molecule has 0 aliphatic heterocycles. The molecule has 5 heterocycles. The average Bonchev–Trinajstić information content (AvgIpc) is 3.00. The summed E-state index contributed by atoms with van der Waals surface area (Å²) in [6, 6.07) is 31.5. The standard InChI is InChI=1S/C32H20N6/c1-2-12-22-21(11-1)37-31-29(25-15-5-9-19-35-25)27(23-13-3-7-17-33-23)28(24-14-4-8-18-34-24)30(32(31)38-22)26-16-6-10-20-36-26/h1-20H. The fraction of sp³-hybridized carbons (Fsp3) is 0. The van der Waals surface area contributed by atoms with Crippen molar-refractivity contribution in [2.24, 2.45) is 0 Å². The number of para-hydroxylation sites is 2. The Hall–Kier alpha value is -5.36. The topological polar surface area (TPSA) is 77.3 Å². The van der Waals surface area contributed by atoms with Crippen molar-refractivity contribution < 1.29 is 0 Å². The van der Waals surface area contributed by atoms with E-state index in [9.17, 15) is 0 Å². The zero-order valence-corrected chi connectivity index (χ0v) is 20.2. The Kier molecular flexibility index (Phi) is 5.33. The summed E-state index contributed by atoms with van der Waals surface area (Å²) in [5.74, 6) is 0. The maximum absolute atomic E-state index is 5.18. The summed E-state index contributed by atoms with van der Waals surface area (Å²) in [7, 11) is 0. The quantitative estimate of drug-likeness (QED) is 0.248. The minimum Gasteiger partial charge on any atom is -0.256 e. The average molecular weight is 489 g/mol. The summed E-state index contributed by atoms with van der Waals surface area (Å²) >= 11 is 0. The molecule has 0 aliphatic carbocycles. The van der Waals surface area contributed by atoms with Gasteiger partial charge in [-0.25, -0.2) is 9.97 Å². The van der Waals surface area contributed by atoms with E-state index in [-0.39, 0.29) is 0 Å². The number of aromatic nitrogens is 6. The van der Waals surface area contributed by atoms with Crippen molar-refractivity contribution in [1.29, 1.82) is 0 Å². The van der Waals surface area contributed by atoms with Gasteiger partial charge in [-0.1, -0.05) is 36.4 Å². The monoisotopic (exact) mass is 488 g/mol. The van der Waals surface area contributed by atoms with E-state index in [2.05, 4.69) is 0 Å². The Labute approximate surface area is 218 Å². The molecule has 7 rings (SSSR count). The van der Waals surface area contributed by atoms with E-state index in [1.807, 2.05) is 97.1 Å². The van der Waals surface area contributed by atoms with Crippen LogP contribution in [-0.2, 0) is 0 Å². The molecular formula is C32H20N6. The Morgan fingerprint density at radius 2 is 0.632 bits per heavy atom. The lowest BCUT2D eigenvalue weighted by Gasteiger charge is -2.21. The fourth-order valence-corrected chi connectivity index (χ4v) is 4.89. The van der Waals surface area contributed by atoms with E-state index < -0.39 is 0 Å². The highest BCUT2D eigenvalue weighted by Gasteiger charge is 2.28. The van der Waals surface area contributed by atoms with Gasteiger partial charge in [0.25, 0.3) is 0 Å². The Morgan fingerprint density at radius 1 is 0.316 bits per heavy atom. The molecule has 0 amide bonds. The van der Waals surface area contributed by atoms with Crippen molar-refractivity contribution in [2.75, 3.05) is 0 Å². The number of fused-ring (bicyclic) bond motifs is 2. The molecule has 38 heavy (non-hydrogen) atoms. The molecule has 5 aromatic heterocycles. The van der Waals surface area contributed by atoms with Crippen molar-refractivity contribution in [1.82, 2.24) is 29.9 Å². The first-order valence-corrected chi connectivity index (χ1v) is 12.3. The van der Waals surface area contributed by atoms with Crippen LogP contribution in [0.15, 0.2) is 122 Å². The highest BCUT2D eigenvalue weighted by atomic mass is 14.8. The molecule has 0 radical (unpaired) electrons. The first kappa shape index (κ1) is 21.9. The van der Waals surface area contributed by atoms with Gasteiger partial charge in [0, 0.05) is 47.0 Å². The SMILES string of the molecule is c1ccc(-c2c(-c3ccccn3)c(-c3ccccn3)c3nc4ccccc4nc3c2-c2ccccn2)nc1. The number of rotatable bonds is 4. The smallest absolute Gasteiger partial charge is 0.100 e. The number of benzene rings is 2. The molecule has 0 N–H and O–H groups in total. The van der Waals surface area contributed by atoms with Crippen molar-refractivity contribution in [3.8, 4) is 45.0 Å². The number of nitrogens with zero attached hydrogens (tertiary/aromatic N) is 6. The van der Waals surface area contributed by atoms with Gasteiger partial charge in [-0.05, 0) is 60.7 Å². The van der Waals surface area contributed by atoms with Crippen molar-refractivity contribution >= 4 is 22.1 Å². The molecule has 6 nitrogen and oxygen atoms in total. The van der Waals surface area contributed by atoms with E-state index in [0.29, 0.717) is 0 Å². The normalized spacial score (nSPS) is 11.2. The molecule has 0 fully saturated rings. The minimum absolute atomic E-state index is 0.739. The van der Waals surface area contributed by atoms with Crippen LogP contribution in [0.2, 0.25) is 0 Å². The molecule has 6 heteroatoms. The summed E-state index contributed by atoms with van der Waals surface area (Å²) in [5, 5.41) is 0. The van der Waals surface area contributed by atoms with Crippen LogP contribution in [0.4, 0.5) is 0 Å². The van der Waals surface area contributed by atoms with Crippen LogP contribution < -0.4 is 0 Å². The molecule has 0 saturated carbocycles. The Morgan fingerprint density at radius 3 is 0.947 bits per heavy atom. The second-order valence-corrected chi connectivity index (χ2v) is 8.77. The van der Waals surface area contributed by atoms with Crippen LogP contribution in [0, 0.1) is 0 Å². The lowest BCUT2D eigenvalue weighted by atomic mass is 9.86. The number of hydrogen-bond acceptors (Lipinski definition) is 6. The molecule has 0 spiro atoms. The summed E-state index contributed by atoms with van der Waals surface area (Å²) in [5.41, 5.74) is 9.75. The molecule has 7 aromatic rings. The summed E-state index contributed by atoms with van der Waals surface area (Å²) in [6.07, 6.45) is 7.20. The highest BCUT2D eigenvalue weighted by Crippen LogP contribution is 2.48. The van der Waals surface area contributed by atoms with Gasteiger partial charge in [-0.3, -0.25) is 19.9 Å². The Bertz CT molecular complexity index is 1750. The van der Waals surface area contributed by atoms with Crippen LogP contribution in [0.1, 0.15) is 0 Å². The third-order valence-corrected chi connectivity index (χ3v) is 6.48. The maximum Gasteiger partial charge on any atom is 0.100 e. The third kappa shape index (κ3) is 3.67. The first-order chi connectivity index (χ1) is 18.9. The van der Waals surface area contributed by atoms with Crippen LogP contribution in [0.3, 0.4) is 0 Å². The van der Waals surface area contributed by atoms with Gasteiger partial charge in [0.15, 0.2) is 0 Å². The predicted octanol–water partition coefficient (Wildman–Crippen LogP) is 7.03. The Balaban J connectivity index is 1.79. The lowest BCUT2D eigenvalue weighted by molar-refractivity contribution is 1.27. The van der Waals surface area contributed by atoms with Crippen LogP contribution >= 0.6 is 0 Å². The van der Waals surface area contributed by atoms with Gasteiger partial charge in [0.05, 0.1) is 33.8 Å². The third-order valence-electron chi connectivity index (χ3n) is 6.48. The van der Waals surface area contributed by atoms with Crippen LogP contribution in [-0.4, -0.2) is 29.9 Å². The molecule has 0 aliphatic rings. The van der Waals surface area contributed by atoms with Crippen molar-refractivity contribution in [3.63, 3.8) is 0 Å². The highest BCUT2D eigenvalue weighted by molar-refractivity contribution is 6.15. The molecule has 0 bridgehead atoms. The van der Waals surface area contributed by atoms with E-state index >= 15 is 0 Å². The molecule has 0 unspecified atom stereocenters. The summed E-state index contributed by atoms with van der Waals surface area (Å²) in [6.45, 7) is 0. The molecular weight excluding hydrogens is 468 g/mol. The van der Waals surface area contributed by atoms with E-state index in [0.717, 1.165) is 67.1 Å². The maximum atomic E-state index is 5.18. The molecule has 178 valence electrons. The van der Waals surface area contributed by atoms with Gasteiger partial charge in [-0.2, -0.15) is 0 Å². The predicted molar refractivity (Wildman–Crippen MR) is 150 cm³/mol. The van der Waals surface area contributed by atoms with Gasteiger partial charge in [0.1, 0.15) is 11.0 Å². The van der Waals surface area contributed by atoms with Crippen LogP contribution in [0.25, 0.3) is 67.1 Å². The first-order valence-electron chi connectivity index (χ1n) is 12.3. The fourth-order valence-electron chi connectivity index (χ4n) is 4.89. The molecule has 0 atom stereocenters. The largest absolute Gasteiger partial charge is 0.256 e. The van der Waals surface area contributed by atoms with Crippen molar-refractivity contribution in [3.05, 3.63) is 122 Å². The zero-order valence-electron chi connectivity index (χ0n) is 20.2. The zero-order chi connectivity index (χ0) is 25.3.